The topological polar surface area (TPSA) is 15.3 Å². The first kappa shape index (κ1) is 15.4. The van der Waals surface area contributed by atoms with E-state index in [2.05, 4.69) is 17.1 Å². The van der Waals surface area contributed by atoms with Gasteiger partial charge < -0.3 is 10.2 Å². The molecule has 20 heavy (non-hydrogen) atoms. The van der Waals surface area contributed by atoms with Crippen molar-refractivity contribution in [3.8, 4) is 0 Å². The summed E-state index contributed by atoms with van der Waals surface area (Å²) >= 11 is 0. The lowest BCUT2D eigenvalue weighted by molar-refractivity contribution is 0.260. The molecule has 1 aromatic rings. The fourth-order valence-corrected chi connectivity index (χ4v) is 2.61. The Morgan fingerprint density at radius 3 is 2.40 bits per heavy atom. The molecule has 1 atom stereocenters. The first-order valence-electron chi connectivity index (χ1n) is 7.48. The number of hydrogen-bond donors (Lipinski definition) is 1. The average Bonchev–Trinajstić information content (AvgIpc) is 3.21. The molecular formula is C16H24F2N2. The lowest BCUT2D eigenvalue weighted by atomic mass is 10.0. The maximum Gasteiger partial charge on any atom is 0.126 e. The van der Waals surface area contributed by atoms with Gasteiger partial charge in [0.2, 0.25) is 0 Å². The SMILES string of the molecule is CCN(CCC(NC)c1cc(F)cc(F)c1)CC1CC1. The summed E-state index contributed by atoms with van der Waals surface area (Å²) < 4.78 is 26.6. The van der Waals surface area contributed by atoms with Gasteiger partial charge in [-0.1, -0.05) is 6.92 Å². The molecule has 0 spiro atoms. The maximum absolute atomic E-state index is 13.3. The van der Waals surface area contributed by atoms with Gasteiger partial charge in [-0.15, -0.1) is 0 Å². The number of benzene rings is 1. The van der Waals surface area contributed by atoms with E-state index in [1.165, 1.54) is 25.0 Å². The predicted molar refractivity (Wildman–Crippen MR) is 77.6 cm³/mol. The van der Waals surface area contributed by atoms with Gasteiger partial charge >= 0.3 is 0 Å². The van der Waals surface area contributed by atoms with Crippen LogP contribution in [0.2, 0.25) is 0 Å². The number of halogens is 2. The first-order chi connectivity index (χ1) is 9.62. The van der Waals surface area contributed by atoms with Crippen molar-refractivity contribution in [1.82, 2.24) is 10.2 Å². The molecule has 0 aliphatic heterocycles. The molecule has 0 bridgehead atoms. The Labute approximate surface area is 120 Å². The molecule has 0 radical (unpaired) electrons. The molecule has 2 rings (SSSR count). The molecule has 2 nitrogen and oxygen atoms in total. The van der Waals surface area contributed by atoms with Crippen molar-refractivity contribution in [1.29, 1.82) is 0 Å². The minimum atomic E-state index is -0.509. The Kier molecular flexibility index (Phi) is 5.49. The Bertz CT molecular complexity index is 412. The highest BCUT2D eigenvalue weighted by molar-refractivity contribution is 5.21. The molecule has 0 amide bonds. The molecule has 1 unspecified atom stereocenters. The summed E-state index contributed by atoms with van der Waals surface area (Å²) in [5.41, 5.74) is 0.687. The normalized spacial score (nSPS) is 16.6. The molecule has 1 saturated carbocycles. The molecule has 0 aromatic heterocycles. The second-order valence-electron chi connectivity index (χ2n) is 5.67. The Morgan fingerprint density at radius 1 is 1.25 bits per heavy atom. The quantitative estimate of drug-likeness (QED) is 0.786. The standard InChI is InChI=1S/C16H24F2N2/c1-3-20(11-12-4-5-12)7-6-16(19-2)13-8-14(17)10-15(18)9-13/h8-10,12,16,19H,3-7,11H2,1-2H3. The van der Waals surface area contributed by atoms with E-state index in [4.69, 9.17) is 0 Å². The largest absolute Gasteiger partial charge is 0.313 e. The highest BCUT2D eigenvalue weighted by atomic mass is 19.1. The summed E-state index contributed by atoms with van der Waals surface area (Å²) in [6.45, 7) is 5.31. The summed E-state index contributed by atoms with van der Waals surface area (Å²) in [6, 6.07) is 3.75. The third-order valence-corrected chi connectivity index (χ3v) is 4.03. The van der Waals surface area contributed by atoms with Gasteiger partial charge in [0.1, 0.15) is 11.6 Å². The van der Waals surface area contributed by atoms with Gasteiger partial charge in [0.25, 0.3) is 0 Å². The van der Waals surface area contributed by atoms with Crippen molar-refractivity contribution in [2.45, 2.75) is 32.2 Å². The smallest absolute Gasteiger partial charge is 0.126 e. The maximum atomic E-state index is 13.3. The zero-order valence-corrected chi connectivity index (χ0v) is 12.3. The minimum Gasteiger partial charge on any atom is -0.313 e. The van der Waals surface area contributed by atoms with Gasteiger partial charge in [0.05, 0.1) is 0 Å². The third-order valence-electron chi connectivity index (χ3n) is 4.03. The van der Waals surface area contributed by atoms with Gasteiger partial charge in [-0.2, -0.15) is 0 Å². The van der Waals surface area contributed by atoms with Crippen LogP contribution in [0.1, 0.15) is 37.8 Å². The molecule has 0 saturated heterocycles. The minimum absolute atomic E-state index is 0.00606. The van der Waals surface area contributed by atoms with Crippen LogP contribution in [0.5, 0.6) is 0 Å². The molecular weight excluding hydrogens is 258 g/mol. The highest BCUT2D eigenvalue weighted by Crippen LogP contribution is 2.30. The molecule has 1 aliphatic rings. The Balaban J connectivity index is 1.93. The summed E-state index contributed by atoms with van der Waals surface area (Å²) in [5.74, 6) is -0.147. The third kappa shape index (κ3) is 4.53. The van der Waals surface area contributed by atoms with Gasteiger partial charge in [0.15, 0.2) is 0 Å². The number of rotatable bonds is 8. The van der Waals surface area contributed by atoms with Gasteiger partial charge in [0, 0.05) is 18.7 Å². The fraction of sp³-hybridized carbons (Fsp3) is 0.625. The van der Waals surface area contributed by atoms with Gasteiger partial charge in [-0.25, -0.2) is 8.78 Å². The van der Waals surface area contributed by atoms with Crippen LogP contribution in [0.25, 0.3) is 0 Å². The predicted octanol–water partition coefficient (Wildman–Crippen LogP) is 3.35. The van der Waals surface area contributed by atoms with E-state index >= 15 is 0 Å². The lowest BCUT2D eigenvalue weighted by Crippen LogP contribution is -2.30. The highest BCUT2D eigenvalue weighted by Gasteiger charge is 2.24. The number of hydrogen-bond acceptors (Lipinski definition) is 2. The van der Waals surface area contributed by atoms with Crippen molar-refractivity contribution < 1.29 is 8.78 Å². The molecule has 1 aromatic carbocycles. The fourth-order valence-electron chi connectivity index (χ4n) is 2.61. The Hall–Kier alpha value is -1.00. The van der Waals surface area contributed by atoms with Crippen molar-refractivity contribution in [2.75, 3.05) is 26.7 Å². The molecule has 0 heterocycles. The second-order valence-corrected chi connectivity index (χ2v) is 5.67. The van der Waals surface area contributed by atoms with Crippen LogP contribution in [0.15, 0.2) is 18.2 Å². The van der Waals surface area contributed by atoms with Gasteiger partial charge in [-0.05, 0) is 63.0 Å². The molecule has 1 N–H and O–H groups in total. The van der Waals surface area contributed by atoms with E-state index in [1.54, 1.807) is 0 Å². The zero-order chi connectivity index (χ0) is 14.5. The van der Waals surface area contributed by atoms with Crippen LogP contribution in [0, 0.1) is 17.6 Å². The summed E-state index contributed by atoms with van der Waals surface area (Å²) in [5, 5.41) is 3.16. The number of nitrogens with zero attached hydrogens (tertiary/aromatic N) is 1. The van der Waals surface area contributed by atoms with Crippen molar-refractivity contribution in [3.05, 3.63) is 35.4 Å². The molecule has 1 aliphatic carbocycles. The van der Waals surface area contributed by atoms with Crippen LogP contribution >= 0.6 is 0 Å². The van der Waals surface area contributed by atoms with E-state index in [1.807, 2.05) is 7.05 Å². The first-order valence-corrected chi connectivity index (χ1v) is 7.48. The summed E-state index contributed by atoms with van der Waals surface area (Å²) in [4.78, 5) is 2.43. The Morgan fingerprint density at radius 2 is 1.90 bits per heavy atom. The van der Waals surface area contributed by atoms with E-state index in [0.717, 1.165) is 38.0 Å². The van der Waals surface area contributed by atoms with Crippen LogP contribution in [-0.2, 0) is 0 Å². The summed E-state index contributed by atoms with van der Waals surface area (Å²) in [7, 11) is 1.84. The monoisotopic (exact) mass is 282 g/mol. The van der Waals surface area contributed by atoms with Crippen LogP contribution in [-0.4, -0.2) is 31.6 Å². The van der Waals surface area contributed by atoms with Crippen molar-refractivity contribution >= 4 is 0 Å². The van der Waals surface area contributed by atoms with E-state index < -0.39 is 11.6 Å². The zero-order valence-electron chi connectivity index (χ0n) is 12.3. The van der Waals surface area contributed by atoms with E-state index in [9.17, 15) is 8.78 Å². The molecule has 4 heteroatoms. The number of nitrogens with one attached hydrogen (secondary N) is 1. The van der Waals surface area contributed by atoms with E-state index in [0.29, 0.717) is 5.56 Å². The van der Waals surface area contributed by atoms with Crippen LogP contribution < -0.4 is 5.32 Å². The van der Waals surface area contributed by atoms with Gasteiger partial charge in [-0.3, -0.25) is 0 Å². The molecule has 112 valence electrons. The van der Waals surface area contributed by atoms with E-state index in [-0.39, 0.29) is 6.04 Å². The average molecular weight is 282 g/mol. The van der Waals surface area contributed by atoms with Crippen LogP contribution in [0.3, 0.4) is 0 Å². The second kappa shape index (κ2) is 7.14. The summed E-state index contributed by atoms with van der Waals surface area (Å²) in [6.07, 6.45) is 3.56. The molecule has 1 fully saturated rings. The lowest BCUT2D eigenvalue weighted by Gasteiger charge is -2.24. The van der Waals surface area contributed by atoms with Crippen molar-refractivity contribution in [2.24, 2.45) is 5.92 Å². The van der Waals surface area contributed by atoms with Crippen molar-refractivity contribution in [3.63, 3.8) is 0 Å². The van der Waals surface area contributed by atoms with Crippen LogP contribution in [0.4, 0.5) is 8.78 Å².